The molecule has 1 aliphatic heterocycles. The minimum atomic E-state index is -0.229. The summed E-state index contributed by atoms with van der Waals surface area (Å²) in [6, 6.07) is 50.9. The van der Waals surface area contributed by atoms with Crippen molar-refractivity contribution in [2.24, 2.45) is 0 Å². The zero-order valence-electron chi connectivity index (χ0n) is 25.5. The third-order valence-corrected chi connectivity index (χ3v) is 10.1. The molecule has 0 saturated carbocycles. The predicted octanol–water partition coefficient (Wildman–Crippen LogP) is 11.0. The van der Waals surface area contributed by atoms with Crippen molar-refractivity contribution in [1.82, 2.24) is 9.97 Å². The van der Waals surface area contributed by atoms with E-state index in [1.165, 1.54) is 37.4 Å². The summed E-state index contributed by atoms with van der Waals surface area (Å²) < 4.78 is 0. The van der Waals surface area contributed by atoms with Crippen LogP contribution >= 0.6 is 11.8 Å². The maximum atomic E-state index is 9.53. The molecule has 1 aliphatic rings. The maximum Gasteiger partial charge on any atom is 0.160 e. The Morgan fingerprint density at radius 2 is 1.20 bits per heavy atom. The lowest BCUT2D eigenvalue weighted by Crippen LogP contribution is -2.23. The van der Waals surface area contributed by atoms with Gasteiger partial charge in [0.05, 0.1) is 23.0 Å². The molecule has 0 saturated heterocycles. The van der Waals surface area contributed by atoms with Crippen LogP contribution in [0.25, 0.3) is 55.8 Å². The van der Waals surface area contributed by atoms with Crippen molar-refractivity contribution in [2.45, 2.75) is 29.1 Å². The topological polar surface area (TPSA) is 49.6 Å². The second-order valence-corrected chi connectivity index (χ2v) is 13.2. The third kappa shape index (κ3) is 4.77. The quantitative estimate of drug-likeness (QED) is 0.200. The molecular formula is C42H29N3S. The van der Waals surface area contributed by atoms with Gasteiger partial charge in [-0.25, -0.2) is 9.97 Å². The van der Waals surface area contributed by atoms with Crippen LogP contribution in [0.2, 0.25) is 0 Å². The standard InChI is InChI=1S/C42H29N3S/c1-42(2)35-21-18-30(24-40(35)46-39-22-17-27(26-43)23-36(39)42)37-25-38(45-41(44-37)29-13-7-4-8-14-29)34-20-19-31(28-11-5-3-6-12-28)32-15-9-10-16-33(32)34/h3-25H,1-2H3. The van der Waals surface area contributed by atoms with Crippen LogP contribution in [0.5, 0.6) is 0 Å². The highest BCUT2D eigenvalue weighted by Crippen LogP contribution is 2.50. The highest BCUT2D eigenvalue weighted by molar-refractivity contribution is 7.99. The molecule has 4 heteroatoms. The van der Waals surface area contributed by atoms with Crippen LogP contribution in [0.4, 0.5) is 0 Å². The summed E-state index contributed by atoms with van der Waals surface area (Å²) in [6.07, 6.45) is 0. The fourth-order valence-corrected chi connectivity index (χ4v) is 7.98. The van der Waals surface area contributed by atoms with Crippen LogP contribution in [0, 0.1) is 11.3 Å². The minimum Gasteiger partial charge on any atom is -0.228 e. The zero-order valence-corrected chi connectivity index (χ0v) is 26.3. The van der Waals surface area contributed by atoms with Crippen molar-refractivity contribution < 1.29 is 0 Å². The smallest absolute Gasteiger partial charge is 0.160 e. The van der Waals surface area contributed by atoms with E-state index in [0.29, 0.717) is 11.4 Å². The van der Waals surface area contributed by atoms with Gasteiger partial charge in [-0.3, -0.25) is 0 Å². The van der Waals surface area contributed by atoms with Crippen molar-refractivity contribution in [3.05, 3.63) is 156 Å². The zero-order chi connectivity index (χ0) is 31.3. The van der Waals surface area contributed by atoms with Gasteiger partial charge in [0, 0.05) is 31.9 Å². The summed E-state index contributed by atoms with van der Waals surface area (Å²) in [6.45, 7) is 4.48. The maximum absolute atomic E-state index is 9.53. The summed E-state index contributed by atoms with van der Waals surface area (Å²) in [5.41, 5.74) is 10.2. The Hall–Kier alpha value is -5.50. The number of aromatic nitrogens is 2. The van der Waals surface area contributed by atoms with Gasteiger partial charge in [-0.1, -0.05) is 135 Å². The molecule has 0 spiro atoms. The summed E-state index contributed by atoms with van der Waals surface area (Å²) in [7, 11) is 0. The van der Waals surface area contributed by atoms with Crippen LogP contribution in [0.1, 0.15) is 30.5 Å². The molecule has 2 heterocycles. The molecule has 0 aliphatic carbocycles. The summed E-state index contributed by atoms with van der Waals surface area (Å²) in [5.74, 6) is 0.699. The van der Waals surface area contributed by atoms with Crippen LogP contribution in [-0.4, -0.2) is 9.97 Å². The molecule has 218 valence electrons. The lowest BCUT2D eigenvalue weighted by atomic mass is 9.77. The summed E-state index contributed by atoms with van der Waals surface area (Å²) >= 11 is 1.76. The first-order chi connectivity index (χ1) is 22.5. The van der Waals surface area contributed by atoms with Gasteiger partial charge in [-0.2, -0.15) is 5.26 Å². The Balaban J connectivity index is 1.30. The van der Waals surface area contributed by atoms with Crippen LogP contribution in [-0.2, 0) is 5.41 Å². The first-order valence-electron chi connectivity index (χ1n) is 15.4. The van der Waals surface area contributed by atoms with Gasteiger partial charge in [-0.15, -0.1) is 0 Å². The molecule has 0 unspecified atom stereocenters. The molecule has 0 bridgehead atoms. The summed E-state index contributed by atoms with van der Waals surface area (Å²) in [5, 5.41) is 11.9. The largest absolute Gasteiger partial charge is 0.228 e. The van der Waals surface area contributed by atoms with Crippen LogP contribution < -0.4 is 0 Å². The molecule has 0 atom stereocenters. The molecule has 8 rings (SSSR count). The van der Waals surface area contributed by atoms with Crippen molar-refractivity contribution >= 4 is 22.5 Å². The average Bonchev–Trinajstić information content (AvgIpc) is 3.11. The number of fused-ring (bicyclic) bond motifs is 3. The predicted molar refractivity (Wildman–Crippen MR) is 189 cm³/mol. The average molecular weight is 608 g/mol. The van der Waals surface area contributed by atoms with Crippen molar-refractivity contribution in [1.29, 1.82) is 5.26 Å². The molecule has 0 N–H and O–H groups in total. The highest BCUT2D eigenvalue weighted by Gasteiger charge is 2.33. The molecule has 0 fully saturated rings. The number of nitrogens with zero attached hydrogens (tertiary/aromatic N) is 3. The Labute approximate surface area is 273 Å². The van der Waals surface area contributed by atoms with Crippen molar-refractivity contribution in [2.75, 3.05) is 0 Å². The second-order valence-electron chi connectivity index (χ2n) is 12.2. The highest BCUT2D eigenvalue weighted by atomic mass is 32.2. The molecular weight excluding hydrogens is 579 g/mol. The van der Waals surface area contributed by atoms with Crippen molar-refractivity contribution in [3.8, 4) is 51.1 Å². The van der Waals surface area contributed by atoms with E-state index in [1.54, 1.807) is 11.8 Å². The van der Waals surface area contributed by atoms with E-state index in [2.05, 4.69) is 129 Å². The van der Waals surface area contributed by atoms with Crippen LogP contribution in [0.15, 0.2) is 149 Å². The lowest BCUT2D eigenvalue weighted by molar-refractivity contribution is 0.607. The van der Waals surface area contributed by atoms with Crippen LogP contribution in [0.3, 0.4) is 0 Å². The van der Waals surface area contributed by atoms with Gasteiger partial charge in [0.2, 0.25) is 0 Å². The molecule has 46 heavy (non-hydrogen) atoms. The van der Waals surface area contributed by atoms with Crippen molar-refractivity contribution in [3.63, 3.8) is 0 Å². The number of hydrogen-bond acceptors (Lipinski definition) is 4. The van der Waals surface area contributed by atoms with Gasteiger partial charge >= 0.3 is 0 Å². The molecule has 0 amide bonds. The number of hydrogen-bond donors (Lipinski definition) is 0. The van der Waals surface area contributed by atoms with Gasteiger partial charge in [0.15, 0.2) is 5.82 Å². The Morgan fingerprint density at radius 1 is 0.543 bits per heavy atom. The normalized spacial score (nSPS) is 13.1. The van der Waals surface area contributed by atoms with E-state index in [4.69, 9.17) is 9.97 Å². The first kappa shape index (κ1) is 28.0. The first-order valence-corrected chi connectivity index (χ1v) is 16.2. The van der Waals surface area contributed by atoms with Gasteiger partial charge in [-0.05, 0) is 63.4 Å². The Bertz CT molecular complexity index is 2320. The third-order valence-electron chi connectivity index (χ3n) is 9.00. The molecule has 6 aromatic carbocycles. The van der Waals surface area contributed by atoms with E-state index in [0.717, 1.165) is 33.5 Å². The minimum absolute atomic E-state index is 0.229. The monoisotopic (exact) mass is 607 g/mol. The molecule has 0 radical (unpaired) electrons. The fraction of sp³-hybridized carbons (Fsp3) is 0.0714. The van der Waals surface area contributed by atoms with E-state index in [1.807, 2.05) is 30.3 Å². The Kier molecular flexibility index (Phi) is 6.78. The number of benzene rings is 6. The van der Waals surface area contributed by atoms with Gasteiger partial charge < -0.3 is 0 Å². The molecule has 3 nitrogen and oxygen atoms in total. The fourth-order valence-electron chi connectivity index (χ4n) is 6.56. The Morgan fingerprint density at radius 3 is 1.93 bits per heavy atom. The van der Waals surface area contributed by atoms with Gasteiger partial charge in [0.1, 0.15) is 0 Å². The SMILES string of the molecule is CC1(C)c2ccc(-c3cc(-c4ccc(-c5ccccc5)c5ccccc45)nc(-c4ccccc4)n3)cc2Sc2ccc(C#N)cc21. The number of nitriles is 1. The van der Waals surface area contributed by atoms with Gasteiger partial charge in [0.25, 0.3) is 0 Å². The lowest BCUT2D eigenvalue weighted by Gasteiger charge is -2.35. The molecule has 1 aromatic heterocycles. The van der Waals surface area contributed by atoms with E-state index in [-0.39, 0.29) is 5.41 Å². The molecule has 7 aromatic rings. The summed E-state index contributed by atoms with van der Waals surface area (Å²) in [4.78, 5) is 12.7. The second kappa shape index (κ2) is 11.1. The van der Waals surface area contributed by atoms with E-state index < -0.39 is 0 Å². The van der Waals surface area contributed by atoms with E-state index in [9.17, 15) is 5.26 Å². The van der Waals surface area contributed by atoms with E-state index >= 15 is 0 Å². The number of rotatable bonds is 4.